The van der Waals surface area contributed by atoms with Gasteiger partial charge in [0.25, 0.3) is 5.91 Å². The molecule has 0 N–H and O–H groups in total. The number of amides is 1. The summed E-state index contributed by atoms with van der Waals surface area (Å²) >= 11 is 0. The summed E-state index contributed by atoms with van der Waals surface area (Å²) in [6.45, 7) is 9.06. The van der Waals surface area contributed by atoms with Gasteiger partial charge in [0.2, 0.25) is 10.0 Å². The number of aryl methyl sites for hydroxylation is 3. The fourth-order valence-electron chi connectivity index (χ4n) is 3.31. The zero-order chi connectivity index (χ0) is 21.2. The van der Waals surface area contributed by atoms with Crippen LogP contribution in [0.25, 0.3) is 0 Å². The second-order valence-corrected chi connectivity index (χ2v) is 9.46. The number of carbonyl (C=O) groups is 1. The van der Waals surface area contributed by atoms with Crippen LogP contribution in [0.2, 0.25) is 0 Å². The largest absolute Gasteiger partial charge is 0.483 e. The summed E-state index contributed by atoms with van der Waals surface area (Å²) in [6.07, 6.45) is 0. The Hall–Kier alpha value is -2.38. The van der Waals surface area contributed by atoms with Crippen molar-refractivity contribution in [3.05, 3.63) is 58.7 Å². The first-order valence-electron chi connectivity index (χ1n) is 9.74. The molecule has 0 unspecified atom stereocenters. The molecule has 1 fully saturated rings. The second-order valence-electron chi connectivity index (χ2n) is 7.52. The molecular weight excluding hydrogens is 388 g/mol. The van der Waals surface area contributed by atoms with Gasteiger partial charge in [0, 0.05) is 26.2 Å². The van der Waals surface area contributed by atoms with Crippen LogP contribution in [0, 0.1) is 27.7 Å². The number of hydrogen-bond donors (Lipinski definition) is 0. The third-order valence-corrected chi connectivity index (χ3v) is 7.51. The highest BCUT2D eigenvalue weighted by Gasteiger charge is 2.30. The number of benzene rings is 2. The van der Waals surface area contributed by atoms with E-state index >= 15 is 0 Å². The Morgan fingerprint density at radius 1 is 0.931 bits per heavy atom. The lowest BCUT2D eigenvalue weighted by molar-refractivity contribution is -0.134. The van der Waals surface area contributed by atoms with Crippen LogP contribution in [0.1, 0.15) is 22.3 Å². The first-order chi connectivity index (χ1) is 13.7. The highest BCUT2D eigenvalue weighted by molar-refractivity contribution is 7.89. The topological polar surface area (TPSA) is 66.9 Å². The van der Waals surface area contributed by atoms with Crippen molar-refractivity contribution < 1.29 is 17.9 Å². The lowest BCUT2D eigenvalue weighted by atomic mass is 10.1. The van der Waals surface area contributed by atoms with E-state index in [0.29, 0.717) is 23.7 Å². The smallest absolute Gasteiger partial charge is 0.260 e. The normalized spacial score (nSPS) is 15.4. The number of rotatable bonds is 5. The Kier molecular flexibility index (Phi) is 6.29. The number of ether oxygens (including phenoxy) is 1. The van der Waals surface area contributed by atoms with Gasteiger partial charge in [0.15, 0.2) is 6.61 Å². The van der Waals surface area contributed by atoms with Crippen molar-refractivity contribution >= 4 is 15.9 Å². The molecule has 2 aromatic rings. The van der Waals surface area contributed by atoms with Crippen LogP contribution in [0.3, 0.4) is 0 Å². The first-order valence-corrected chi connectivity index (χ1v) is 11.2. The number of hydrogen-bond acceptors (Lipinski definition) is 4. The number of sulfonamides is 1. The van der Waals surface area contributed by atoms with E-state index in [2.05, 4.69) is 0 Å². The third kappa shape index (κ3) is 4.62. The van der Waals surface area contributed by atoms with E-state index in [1.165, 1.54) is 4.31 Å². The van der Waals surface area contributed by atoms with Crippen LogP contribution in [0.4, 0.5) is 0 Å². The average Bonchev–Trinajstić information content (AvgIpc) is 2.71. The molecule has 0 aliphatic carbocycles. The monoisotopic (exact) mass is 416 g/mol. The number of carbonyl (C=O) groups excluding carboxylic acids is 1. The van der Waals surface area contributed by atoms with E-state index < -0.39 is 10.0 Å². The molecule has 0 spiro atoms. The summed E-state index contributed by atoms with van der Waals surface area (Å²) in [5.74, 6) is 0.573. The van der Waals surface area contributed by atoms with Crippen molar-refractivity contribution in [3.8, 4) is 5.75 Å². The van der Waals surface area contributed by atoms with Crippen LogP contribution in [0.5, 0.6) is 5.75 Å². The van der Waals surface area contributed by atoms with Crippen molar-refractivity contribution in [3.63, 3.8) is 0 Å². The molecule has 0 bridgehead atoms. The summed E-state index contributed by atoms with van der Waals surface area (Å²) in [5.41, 5.74) is 4.14. The summed E-state index contributed by atoms with van der Waals surface area (Å²) in [6, 6.07) is 10.9. The summed E-state index contributed by atoms with van der Waals surface area (Å²) in [4.78, 5) is 14.5. The van der Waals surface area contributed by atoms with Crippen LogP contribution < -0.4 is 4.74 Å². The van der Waals surface area contributed by atoms with E-state index in [1.54, 1.807) is 17.0 Å². The van der Waals surface area contributed by atoms with Gasteiger partial charge in [-0.05, 0) is 68.1 Å². The van der Waals surface area contributed by atoms with Gasteiger partial charge in [-0.3, -0.25) is 4.79 Å². The van der Waals surface area contributed by atoms with Gasteiger partial charge in [-0.25, -0.2) is 8.42 Å². The minimum absolute atomic E-state index is 0.0474. The maximum absolute atomic E-state index is 12.9. The van der Waals surface area contributed by atoms with Crippen LogP contribution in [-0.4, -0.2) is 56.3 Å². The molecular formula is C22H28N2O4S. The minimum Gasteiger partial charge on any atom is -0.483 e. The predicted octanol–water partition coefficient (Wildman–Crippen LogP) is 2.83. The lowest BCUT2D eigenvalue weighted by Gasteiger charge is -2.34. The lowest BCUT2D eigenvalue weighted by Crippen LogP contribution is -2.51. The minimum atomic E-state index is -3.55. The molecule has 29 heavy (non-hydrogen) atoms. The summed E-state index contributed by atoms with van der Waals surface area (Å²) < 4.78 is 33.0. The fraction of sp³-hybridized carbons (Fsp3) is 0.409. The van der Waals surface area contributed by atoms with Gasteiger partial charge in [0.1, 0.15) is 5.75 Å². The van der Waals surface area contributed by atoms with E-state index in [0.717, 1.165) is 22.3 Å². The van der Waals surface area contributed by atoms with Gasteiger partial charge < -0.3 is 9.64 Å². The zero-order valence-corrected chi connectivity index (χ0v) is 18.3. The van der Waals surface area contributed by atoms with Crippen LogP contribution >= 0.6 is 0 Å². The van der Waals surface area contributed by atoms with E-state index in [4.69, 9.17) is 4.74 Å². The average molecular weight is 417 g/mol. The summed E-state index contributed by atoms with van der Waals surface area (Å²) in [5, 5.41) is 0. The van der Waals surface area contributed by atoms with Gasteiger partial charge in [-0.15, -0.1) is 0 Å². The van der Waals surface area contributed by atoms with Crippen molar-refractivity contribution in [1.82, 2.24) is 9.21 Å². The molecule has 0 aromatic heterocycles. The SMILES string of the molecule is Cc1ccc(S(=O)(=O)N2CCN(C(=O)COc3cccc(C)c3C)CC2)cc1C. The Balaban J connectivity index is 1.58. The van der Waals surface area contributed by atoms with E-state index in [1.807, 2.05) is 52.0 Å². The maximum Gasteiger partial charge on any atom is 0.260 e. The van der Waals surface area contributed by atoms with E-state index in [9.17, 15) is 13.2 Å². The molecule has 0 radical (unpaired) electrons. The summed E-state index contributed by atoms with van der Waals surface area (Å²) in [7, 11) is -3.55. The van der Waals surface area contributed by atoms with Crippen molar-refractivity contribution in [1.29, 1.82) is 0 Å². The first kappa shape index (κ1) is 21.3. The molecule has 1 heterocycles. The number of piperazine rings is 1. The Morgan fingerprint density at radius 2 is 1.62 bits per heavy atom. The van der Waals surface area contributed by atoms with Crippen molar-refractivity contribution in [2.45, 2.75) is 32.6 Å². The zero-order valence-electron chi connectivity index (χ0n) is 17.4. The third-order valence-electron chi connectivity index (χ3n) is 5.61. The molecule has 1 aliphatic heterocycles. The highest BCUT2D eigenvalue weighted by atomic mass is 32.2. The molecule has 6 nitrogen and oxygen atoms in total. The fourth-order valence-corrected chi connectivity index (χ4v) is 4.82. The molecule has 1 amide bonds. The maximum atomic E-state index is 12.9. The van der Waals surface area contributed by atoms with Gasteiger partial charge in [0.05, 0.1) is 4.90 Å². The second kappa shape index (κ2) is 8.55. The Morgan fingerprint density at radius 3 is 2.28 bits per heavy atom. The molecule has 156 valence electrons. The molecule has 0 atom stereocenters. The van der Waals surface area contributed by atoms with Gasteiger partial charge >= 0.3 is 0 Å². The van der Waals surface area contributed by atoms with Gasteiger partial charge in [-0.2, -0.15) is 4.31 Å². The quantitative estimate of drug-likeness (QED) is 0.752. The molecule has 2 aromatic carbocycles. The molecule has 1 aliphatic rings. The standard InChI is InChI=1S/C22H28N2O4S/c1-16-8-9-20(14-18(16)3)29(26,27)24-12-10-23(11-13-24)22(25)15-28-21-7-5-6-17(2)19(21)4/h5-9,14H,10-13,15H2,1-4H3. The van der Waals surface area contributed by atoms with Gasteiger partial charge in [-0.1, -0.05) is 18.2 Å². The van der Waals surface area contributed by atoms with Crippen molar-refractivity contribution in [2.75, 3.05) is 32.8 Å². The Bertz CT molecular complexity index is 1010. The van der Waals surface area contributed by atoms with Crippen molar-refractivity contribution in [2.24, 2.45) is 0 Å². The molecule has 0 saturated carbocycles. The van der Waals surface area contributed by atoms with E-state index in [-0.39, 0.29) is 25.6 Å². The number of nitrogens with zero attached hydrogens (tertiary/aromatic N) is 2. The highest BCUT2D eigenvalue weighted by Crippen LogP contribution is 2.22. The molecule has 1 saturated heterocycles. The predicted molar refractivity (Wildman–Crippen MR) is 113 cm³/mol. The molecule has 7 heteroatoms. The van der Waals surface area contributed by atoms with Crippen LogP contribution in [0.15, 0.2) is 41.3 Å². The van der Waals surface area contributed by atoms with Crippen LogP contribution in [-0.2, 0) is 14.8 Å². The Labute approximate surface area is 173 Å². The molecule has 3 rings (SSSR count).